The van der Waals surface area contributed by atoms with E-state index in [1.54, 1.807) is 4.90 Å². The van der Waals surface area contributed by atoms with E-state index in [0.717, 1.165) is 44.5 Å². The third-order valence-corrected chi connectivity index (χ3v) is 11.0. The molecule has 7 nitrogen and oxygen atoms in total. The first kappa shape index (κ1) is 39.3. The maximum Gasteiger partial charge on any atom is 0.410 e. The smallest absolute Gasteiger partial charge is 0.410 e. The topological polar surface area (TPSA) is 71.6 Å². The highest BCUT2D eigenvalue weighted by atomic mass is 16.6. The van der Waals surface area contributed by atoms with Crippen LogP contribution in [0.1, 0.15) is 114 Å². The van der Waals surface area contributed by atoms with Crippen molar-refractivity contribution in [3.63, 3.8) is 0 Å². The van der Waals surface area contributed by atoms with Gasteiger partial charge in [0.05, 0.1) is 12.2 Å². The standard InChI is InChI=1S/C40H68N2O5/c1-11-29(3)33(7)38-35(45-38)27-40(8,9)21-15-16-31(5)37-32(6)19-20-34(30(4)18-17-28(2)26-36(43)47-37)46-39(44)41(10)24-25-42-22-13-12-14-23-42/h15-16,19-21,28-30,32-35,37-38H,11-14,17-18,22-27H2,1-10H3/b20-19+,21-15+,31-16+. The van der Waals surface area contributed by atoms with E-state index in [1.807, 2.05) is 20.0 Å². The van der Waals surface area contributed by atoms with Crippen molar-refractivity contribution < 1.29 is 23.8 Å². The van der Waals surface area contributed by atoms with Crippen LogP contribution < -0.4 is 0 Å². The molecule has 0 aromatic carbocycles. The molecule has 268 valence electrons. The van der Waals surface area contributed by atoms with Gasteiger partial charge in [0.1, 0.15) is 12.2 Å². The number of carbonyl (C=O) groups is 2. The van der Waals surface area contributed by atoms with Gasteiger partial charge in [-0.25, -0.2) is 4.79 Å². The lowest BCUT2D eigenvalue weighted by molar-refractivity contribution is -0.149. The number of esters is 1. The molecule has 0 radical (unpaired) electrons. The zero-order chi connectivity index (χ0) is 34.7. The van der Waals surface area contributed by atoms with Gasteiger partial charge in [-0.1, -0.05) is 92.5 Å². The van der Waals surface area contributed by atoms with Gasteiger partial charge in [0, 0.05) is 32.5 Å². The Labute approximate surface area is 287 Å². The molecule has 0 aromatic rings. The predicted octanol–water partition coefficient (Wildman–Crippen LogP) is 8.84. The number of carbonyl (C=O) groups excluding carboxylic acids is 2. The monoisotopic (exact) mass is 657 g/mol. The average molecular weight is 657 g/mol. The molecule has 3 heterocycles. The molecule has 3 rings (SSSR count). The van der Waals surface area contributed by atoms with E-state index in [2.05, 4.69) is 84.6 Å². The minimum Gasteiger partial charge on any atom is -0.457 e. The molecular weight excluding hydrogens is 588 g/mol. The van der Waals surface area contributed by atoms with Crippen LogP contribution in [0.5, 0.6) is 0 Å². The highest BCUT2D eigenvalue weighted by Crippen LogP contribution is 2.41. The summed E-state index contributed by atoms with van der Waals surface area (Å²) < 4.78 is 18.4. The number of ether oxygens (including phenoxy) is 3. The molecule has 1 amide bonds. The Bertz CT molecular complexity index is 1080. The lowest BCUT2D eigenvalue weighted by Crippen LogP contribution is -2.40. The van der Waals surface area contributed by atoms with Crippen molar-refractivity contribution in [1.82, 2.24) is 9.80 Å². The molecule has 2 fully saturated rings. The largest absolute Gasteiger partial charge is 0.457 e. The number of likely N-dealkylation sites (N-methyl/N-ethyl adjacent to an activating group) is 1. The Kier molecular flexibility index (Phi) is 15.6. The van der Waals surface area contributed by atoms with Crippen LogP contribution in [0.25, 0.3) is 0 Å². The Hall–Kier alpha value is -2.12. The van der Waals surface area contributed by atoms with E-state index >= 15 is 0 Å². The van der Waals surface area contributed by atoms with Crippen LogP contribution in [0.2, 0.25) is 0 Å². The first-order chi connectivity index (χ1) is 22.2. The Morgan fingerprint density at radius 3 is 2.51 bits per heavy atom. The van der Waals surface area contributed by atoms with Crippen LogP contribution in [0.15, 0.2) is 36.0 Å². The van der Waals surface area contributed by atoms with Gasteiger partial charge < -0.3 is 24.0 Å². The predicted molar refractivity (Wildman–Crippen MR) is 192 cm³/mol. The number of hydrogen-bond acceptors (Lipinski definition) is 6. The van der Waals surface area contributed by atoms with Gasteiger partial charge in [-0.05, 0) is 92.9 Å². The molecule has 2 saturated heterocycles. The minimum absolute atomic E-state index is 0.0102. The van der Waals surface area contributed by atoms with Crippen LogP contribution in [0.3, 0.4) is 0 Å². The maximum absolute atomic E-state index is 13.2. The van der Waals surface area contributed by atoms with E-state index in [-0.39, 0.29) is 41.3 Å². The summed E-state index contributed by atoms with van der Waals surface area (Å²) >= 11 is 0. The zero-order valence-corrected chi connectivity index (χ0v) is 31.5. The summed E-state index contributed by atoms with van der Waals surface area (Å²) in [6, 6.07) is 0. The van der Waals surface area contributed by atoms with E-state index in [4.69, 9.17) is 14.2 Å². The number of amides is 1. The summed E-state index contributed by atoms with van der Waals surface area (Å²) in [4.78, 5) is 30.4. The molecule has 3 aliphatic rings. The molecule has 3 aliphatic heterocycles. The molecule has 0 aromatic heterocycles. The van der Waals surface area contributed by atoms with Gasteiger partial charge in [0.15, 0.2) is 0 Å². The number of rotatable bonds is 12. The molecular formula is C40H68N2O5. The van der Waals surface area contributed by atoms with Crippen LogP contribution >= 0.6 is 0 Å². The van der Waals surface area contributed by atoms with Crippen molar-refractivity contribution in [2.45, 2.75) is 138 Å². The molecule has 0 bridgehead atoms. The molecule has 0 spiro atoms. The van der Waals surface area contributed by atoms with E-state index in [1.165, 1.54) is 25.7 Å². The minimum atomic E-state index is -0.399. The van der Waals surface area contributed by atoms with Crippen molar-refractivity contribution in [1.29, 1.82) is 0 Å². The number of nitrogens with zero attached hydrogens (tertiary/aromatic N) is 2. The highest BCUT2D eigenvalue weighted by Gasteiger charge is 2.46. The molecule has 0 N–H and O–H groups in total. The zero-order valence-electron chi connectivity index (χ0n) is 31.5. The van der Waals surface area contributed by atoms with Crippen molar-refractivity contribution in [2.24, 2.45) is 35.0 Å². The Balaban J connectivity index is 1.67. The van der Waals surface area contributed by atoms with Crippen molar-refractivity contribution >= 4 is 12.1 Å². The third kappa shape index (κ3) is 13.0. The van der Waals surface area contributed by atoms with Gasteiger partial charge in [-0.15, -0.1) is 0 Å². The lowest BCUT2D eigenvalue weighted by Gasteiger charge is -2.30. The van der Waals surface area contributed by atoms with E-state index in [0.29, 0.717) is 37.0 Å². The van der Waals surface area contributed by atoms with Crippen molar-refractivity contribution in [3.05, 3.63) is 36.0 Å². The lowest BCUT2D eigenvalue weighted by atomic mass is 9.83. The van der Waals surface area contributed by atoms with Gasteiger partial charge in [-0.3, -0.25) is 4.79 Å². The summed E-state index contributed by atoms with van der Waals surface area (Å²) in [5, 5.41) is 0. The molecule has 7 heteroatoms. The van der Waals surface area contributed by atoms with Crippen LogP contribution in [-0.4, -0.2) is 79.5 Å². The van der Waals surface area contributed by atoms with Gasteiger partial charge in [0.25, 0.3) is 0 Å². The molecule has 0 saturated carbocycles. The van der Waals surface area contributed by atoms with Crippen LogP contribution in [-0.2, 0) is 19.0 Å². The second kappa shape index (κ2) is 18.6. The quantitative estimate of drug-likeness (QED) is 0.0905. The molecule has 47 heavy (non-hydrogen) atoms. The number of allylic oxidation sites excluding steroid dienone is 3. The summed E-state index contributed by atoms with van der Waals surface area (Å²) in [6.07, 6.45) is 18.3. The first-order valence-corrected chi connectivity index (χ1v) is 18.7. The molecule has 9 unspecified atom stereocenters. The first-order valence-electron chi connectivity index (χ1n) is 18.7. The van der Waals surface area contributed by atoms with E-state index < -0.39 is 6.10 Å². The summed E-state index contributed by atoms with van der Waals surface area (Å²) in [7, 11) is 1.84. The van der Waals surface area contributed by atoms with Crippen molar-refractivity contribution in [2.75, 3.05) is 33.2 Å². The van der Waals surface area contributed by atoms with Crippen molar-refractivity contribution in [3.8, 4) is 0 Å². The average Bonchev–Trinajstić information content (AvgIpc) is 3.79. The normalized spacial score (nSPS) is 32.1. The fraction of sp³-hybridized carbons (Fsp3) is 0.800. The highest BCUT2D eigenvalue weighted by molar-refractivity contribution is 5.70. The SMILES string of the molecule is CCC(C)C(C)C1OC1CC(C)(C)/C=C/C=C(\C)C1OC(=O)CC(C)CCC(C)C(OC(=O)N(C)CCN2CCCCC2)/C=C/C1C. The van der Waals surface area contributed by atoms with Gasteiger partial charge in [-0.2, -0.15) is 0 Å². The molecule has 9 atom stereocenters. The van der Waals surface area contributed by atoms with E-state index in [9.17, 15) is 9.59 Å². The number of likely N-dealkylation sites (tertiary alicyclic amines) is 1. The second-order valence-electron chi connectivity index (χ2n) is 16.0. The summed E-state index contributed by atoms with van der Waals surface area (Å²) in [5.41, 5.74) is 0.987. The fourth-order valence-corrected chi connectivity index (χ4v) is 7.03. The second-order valence-corrected chi connectivity index (χ2v) is 16.0. The third-order valence-electron chi connectivity index (χ3n) is 11.0. The number of hydrogen-bond donors (Lipinski definition) is 0. The van der Waals surface area contributed by atoms with Gasteiger partial charge in [0.2, 0.25) is 0 Å². The number of cyclic esters (lactones) is 1. The summed E-state index contributed by atoms with van der Waals surface area (Å²) in [6.45, 7) is 23.5. The Morgan fingerprint density at radius 2 is 1.83 bits per heavy atom. The Morgan fingerprint density at radius 1 is 1.13 bits per heavy atom. The number of piperidine rings is 1. The molecule has 0 aliphatic carbocycles. The summed E-state index contributed by atoms with van der Waals surface area (Å²) in [5.74, 6) is 1.34. The number of epoxide rings is 1. The van der Waals surface area contributed by atoms with Gasteiger partial charge >= 0.3 is 12.1 Å². The van der Waals surface area contributed by atoms with Crippen LogP contribution in [0, 0.1) is 35.0 Å². The fourth-order valence-electron chi connectivity index (χ4n) is 7.03. The maximum atomic E-state index is 13.2. The van der Waals surface area contributed by atoms with Crippen LogP contribution in [0.4, 0.5) is 4.79 Å².